The second-order valence-corrected chi connectivity index (χ2v) is 2.13. The smallest absolute Gasteiger partial charge is 0.0146 e. The van der Waals surface area contributed by atoms with Crippen molar-refractivity contribution >= 4 is 11.6 Å². The van der Waals surface area contributed by atoms with E-state index in [1.807, 2.05) is 6.08 Å². The zero-order valence-electron chi connectivity index (χ0n) is 5.94. The fourth-order valence-electron chi connectivity index (χ4n) is 0.545. The van der Waals surface area contributed by atoms with Gasteiger partial charge in [0.2, 0.25) is 0 Å². The molecule has 0 aliphatic rings. The van der Waals surface area contributed by atoms with Crippen molar-refractivity contribution in [1.82, 2.24) is 5.32 Å². The topological polar surface area (TPSA) is 12.0 Å². The van der Waals surface area contributed by atoms with Gasteiger partial charge >= 0.3 is 0 Å². The second kappa shape index (κ2) is 8.55. The minimum absolute atomic E-state index is 0.827. The Morgan fingerprint density at radius 2 is 2.40 bits per heavy atom. The van der Waals surface area contributed by atoms with E-state index in [2.05, 4.69) is 11.2 Å². The summed E-state index contributed by atoms with van der Waals surface area (Å²) in [6, 6.07) is 0. The van der Waals surface area contributed by atoms with E-state index in [4.69, 9.17) is 18.0 Å². The summed E-state index contributed by atoms with van der Waals surface area (Å²) in [6.07, 6.45) is 8.79. The van der Waals surface area contributed by atoms with E-state index in [1.54, 1.807) is 0 Å². The molecular weight excluding hydrogens is 146 g/mol. The Balaban J connectivity index is 2.85. The molecule has 0 saturated carbocycles. The number of rotatable bonds is 5. The molecule has 2 heteroatoms. The molecule has 0 atom stereocenters. The Hall–Kier alpha value is -0.450. The first-order valence-electron chi connectivity index (χ1n) is 3.31. The summed E-state index contributed by atoms with van der Waals surface area (Å²) in [6.45, 7) is 1.79. The van der Waals surface area contributed by atoms with Gasteiger partial charge in [0.1, 0.15) is 0 Å². The lowest BCUT2D eigenvalue weighted by Crippen LogP contribution is -2.14. The highest BCUT2D eigenvalue weighted by atomic mass is 35.5. The predicted octanol–water partition coefficient (Wildman–Crippen LogP) is 1.74. The first-order valence-corrected chi connectivity index (χ1v) is 3.75. The summed E-state index contributed by atoms with van der Waals surface area (Å²) in [7, 11) is 0. The molecule has 0 bridgehead atoms. The van der Waals surface area contributed by atoms with Gasteiger partial charge in [0.15, 0.2) is 0 Å². The summed E-state index contributed by atoms with van der Waals surface area (Å²) >= 11 is 5.29. The van der Waals surface area contributed by atoms with Crippen LogP contribution in [0.1, 0.15) is 12.8 Å². The van der Waals surface area contributed by atoms with Crippen molar-refractivity contribution in [3.8, 4) is 12.3 Å². The van der Waals surface area contributed by atoms with Gasteiger partial charge in [-0.15, -0.1) is 12.3 Å². The van der Waals surface area contributed by atoms with Crippen molar-refractivity contribution in [2.24, 2.45) is 0 Å². The predicted molar refractivity (Wildman–Crippen MR) is 45.9 cm³/mol. The third kappa shape index (κ3) is 7.55. The monoisotopic (exact) mass is 157 g/mol. The summed E-state index contributed by atoms with van der Waals surface area (Å²) in [5.41, 5.74) is 1.51. The molecule has 0 radical (unpaired) electrons. The van der Waals surface area contributed by atoms with E-state index in [-0.39, 0.29) is 0 Å². The van der Waals surface area contributed by atoms with Gasteiger partial charge in [-0.1, -0.05) is 17.7 Å². The van der Waals surface area contributed by atoms with E-state index >= 15 is 0 Å². The van der Waals surface area contributed by atoms with Crippen LogP contribution in [-0.2, 0) is 0 Å². The minimum Gasteiger partial charge on any atom is -0.313 e. The maximum atomic E-state index is 5.29. The van der Waals surface area contributed by atoms with Crippen LogP contribution in [0.2, 0.25) is 0 Å². The molecular formula is C8H12ClN. The molecule has 0 aliphatic carbocycles. The van der Waals surface area contributed by atoms with Gasteiger partial charge in [-0.3, -0.25) is 0 Å². The lowest BCUT2D eigenvalue weighted by molar-refractivity contribution is 0.706. The molecule has 0 heterocycles. The Kier molecular flexibility index (Phi) is 8.17. The highest BCUT2D eigenvalue weighted by molar-refractivity contribution is 6.25. The van der Waals surface area contributed by atoms with E-state index < -0.39 is 0 Å². The Bertz CT molecular complexity index is 124. The van der Waals surface area contributed by atoms with Crippen molar-refractivity contribution < 1.29 is 0 Å². The SMILES string of the molecule is C#CCCCNC/C=C/Cl. The molecule has 0 fully saturated rings. The quantitative estimate of drug-likeness (QED) is 0.474. The van der Waals surface area contributed by atoms with Gasteiger partial charge in [0, 0.05) is 18.5 Å². The second-order valence-electron chi connectivity index (χ2n) is 1.87. The largest absolute Gasteiger partial charge is 0.313 e. The van der Waals surface area contributed by atoms with E-state index in [9.17, 15) is 0 Å². The van der Waals surface area contributed by atoms with Gasteiger partial charge in [-0.2, -0.15) is 0 Å². The molecule has 0 aromatic carbocycles. The summed E-state index contributed by atoms with van der Waals surface area (Å²) in [5, 5.41) is 3.15. The molecule has 10 heavy (non-hydrogen) atoms. The minimum atomic E-state index is 0.827. The van der Waals surface area contributed by atoms with Crippen molar-refractivity contribution in [3.05, 3.63) is 11.6 Å². The summed E-state index contributed by atoms with van der Waals surface area (Å²) in [4.78, 5) is 0. The molecule has 0 amide bonds. The first-order chi connectivity index (χ1) is 4.91. The molecule has 0 saturated heterocycles. The molecule has 0 aromatic rings. The molecule has 0 spiro atoms. The lowest BCUT2D eigenvalue weighted by Gasteiger charge is -1.96. The number of terminal acetylenes is 1. The van der Waals surface area contributed by atoms with Gasteiger partial charge < -0.3 is 5.32 Å². The van der Waals surface area contributed by atoms with Crippen LogP contribution in [0.25, 0.3) is 0 Å². The number of hydrogen-bond acceptors (Lipinski definition) is 1. The van der Waals surface area contributed by atoms with Crippen LogP contribution in [0.3, 0.4) is 0 Å². The van der Waals surface area contributed by atoms with Crippen LogP contribution in [0.15, 0.2) is 11.6 Å². The lowest BCUT2D eigenvalue weighted by atomic mass is 10.3. The van der Waals surface area contributed by atoms with E-state index in [1.165, 1.54) is 5.54 Å². The average molecular weight is 158 g/mol. The zero-order valence-corrected chi connectivity index (χ0v) is 6.69. The Labute approximate surface area is 67.5 Å². The van der Waals surface area contributed by atoms with Crippen LogP contribution in [-0.4, -0.2) is 13.1 Å². The van der Waals surface area contributed by atoms with Crippen molar-refractivity contribution in [2.45, 2.75) is 12.8 Å². The number of unbranched alkanes of at least 4 members (excludes halogenated alkanes) is 1. The molecule has 0 rings (SSSR count). The highest BCUT2D eigenvalue weighted by Gasteiger charge is 1.81. The fraction of sp³-hybridized carbons (Fsp3) is 0.500. The van der Waals surface area contributed by atoms with Crippen LogP contribution >= 0.6 is 11.6 Å². The third-order valence-corrected chi connectivity index (χ3v) is 1.20. The van der Waals surface area contributed by atoms with Crippen molar-refractivity contribution in [1.29, 1.82) is 0 Å². The van der Waals surface area contributed by atoms with Gasteiger partial charge in [0.25, 0.3) is 0 Å². The number of nitrogens with one attached hydrogen (secondary N) is 1. The van der Waals surface area contributed by atoms with Crippen molar-refractivity contribution in [2.75, 3.05) is 13.1 Å². The van der Waals surface area contributed by atoms with Crippen LogP contribution in [0, 0.1) is 12.3 Å². The van der Waals surface area contributed by atoms with E-state index in [0.717, 1.165) is 25.9 Å². The number of hydrogen-bond donors (Lipinski definition) is 1. The summed E-state index contributed by atoms with van der Waals surface area (Å²) < 4.78 is 0. The highest BCUT2D eigenvalue weighted by Crippen LogP contribution is 1.82. The first kappa shape index (κ1) is 9.55. The molecule has 1 nitrogen and oxygen atoms in total. The molecule has 0 aromatic heterocycles. The van der Waals surface area contributed by atoms with Gasteiger partial charge in [0.05, 0.1) is 0 Å². The van der Waals surface area contributed by atoms with Crippen molar-refractivity contribution in [3.63, 3.8) is 0 Å². The summed E-state index contributed by atoms with van der Waals surface area (Å²) in [5.74, 6) is 2.57. The maximum absolute atomic E-state index is 5.29. The fourth-order valence-corrected chi connectivity index (χ4v) is 0.634. The normalized spacial score (nSPS) is 10.0. The average Bonchev–Trinajstić information content (AvgIpc) is 1.97. The van der Waals surface area contributed by atoms with Crippen LogP contribution in [0.4, 0.5) is 0 Å². The molecule has 0 aliphatic heterocycles. The molecule has 1 N–H and O–H groups in total. The maximum Gasteiger partial charge on any atom is 0.0146 e. The third-order valence-electron chi connectivity index (χ3n) is 1.03. The molecule has 0 unspecified atom stereocenters. The zero-order chi connectivity index (χ0) is 7.66. The van der Waals surface area contributed by atoms with Crippen LogP contribution < -0.4 is 5.32 Å². The van der Waals surface area contributed by atoms with E-state index in [0.29, 0.717) is 0 Å². The number of halogens is 1. The Morgan fingerprint density at radius 1 is 1.60 bits per heavy atom. The van der Waals surface area contributed by atoms with Gasteiger partial charge in [-0.25, -0.2) is 0 Å². The van der Waals surface area contributed by atoms with Crippen LogP contribution in [0.5, 0.6) is 0 Å². The standard InChI is InChI=1S/C8H12ClN/c1-2-3-4-7-10-8-5-6-9/h1,5-6,10H,3-4,7-8H2/b6-5+. The molecule has 56 valence electrons. The van der Waals surface area contributed by atoms with Gasteiger partial charge in [-0.05, 0) is 13.0 Å². The Morgan fingerprint density at radius 3 is 3.00 bits per heavy atom.